The predicted octanol–water partition coefficient (Wildman–Crippen LogP) is 3.44. The fourth-order valence-corrected chi connectivity index (χ4v) is 3.66. The Balaban J connectivity index is 1.58. The lowest BCUT2D eigenvalue weighted by Crippen LogP contribution is -2.40. The largest absolute Gasteiger partial charge is 0.313 e. The van der Waals surface area contributed by atoms with Crippen molar-refractivity contribution in [2.45, 2.75) is 62.7 Å². The van der Waals surface area contributed by atoms with Crippen LogP contribution in [0, 0.1) is 5.92 Å². The standard InChI is InChI=1S/C13H25NS/c1-15-13-7-3-2-6-12(13)14-10-4-5-11-8-9-11/h11-14H,2-10H2,1H3. The van der Waals surface area contributed by atoms with Gasteiger partial charge in [-0.2, -0.15) is 11.8 Å². The monoisotopic (exact) mass is 227 g/mol. The van der Waals surface area contributed by atoms with Crippen molar-refractivity contribution < 1.29 is 0 Å². The number of hydrogen-bond donors (Lipinski definition) is 1. The summed E-state index contributed by atoms with van der Waals surface area (Å²) < 4.78 is 0. The molecule has 0 heterocycles. The van der Waals surface area contributed by atoms with Crippen LogP contribution >= 0.6 is 11.8 Å². The molecule has 0 amide bonds. The summed E-state index contributed by atoms with van der Waals surface area (Å²) in [7, 11) is 0. The fourth-order valence-electron chi connectivity index (χ4n) is 2.70. The second-order valence-corrected chi connectivity index (χ2v) is 6.28. The van der Waals surface area contributed by atoms with Crippen molar-refractivity contribution in [3.05, 3.63) is 0 Å². The van der Waals surface area contributed by atoms with Gasteiger partial charge in [-0.15, -0.1) is 0 Å². The molecule has 0 saturated heterocycles. The van der Waals surface area contributed by atoms with Crippen molar-refractivity contribution in [2.24, 2.45) is 5.92 Å². The fraction of sp³-hybridized carbons (Fsp3) is 1.00. The number of hydrogen-bond acceptors (Lipinski definition) is 2. The van der Waals surface area contributed by atoms with Crippen LogP contribution in [0.2, 0.25) is 0 Å². The van der Waals surface area contributed by atoms with E-state index in [1.165, 1.54) is 57.9 Å². The molecule has 2 atom stereocenters. The van der Waals surface area contributed by atoms with E-state index in [9.17, 15) is 0 Å². The van der Waals surface area contributed by atoms with Crippen LogP contribution in [0.25, 0.3) is 0 Å². The van der Waals surface area contributed by atoms with Crippen LogP contribution in [0.3, 0.4) is 0 Å². The van der Waals surface area contributed by atoms with Gasteiger partial charge in [0.15, 0.2) is 0 Å². The zero-order chi connectivity index (χ0) is 10.5. The van der Waals surface area contributed by atoms with E-state index in [0.717, 1.165) is 17.2 Å². The Hall–Kier alpha value is 0.310. The summed E-state index contributed by atoms with van der Waals surface area (Å²) in [6, 6.07) is 0.813. The lowest BCUT2D eigenvalue weighted by molar-refractivity contribution is 0.380. The van der Waals surface area contributed by atoms with Crippen LogP contribution in [-0.4, -0.2) is 24.1 Å². The molecule has 2 unspecified atom stereocenters. The smallest absolute Gasteiger partial charge is 0.0198 e. The highest BCUT2D eigenvalue weighted by Crippen LogP contribution is 2.33. The molecule has 0 aliphatic heterocycles. The maximum Gasteiger partial charge on any atom is 0.0198 e. The molecule has 0 bridgehead atoms. The Morgan fingerprint density at radius 2 is 1.93 bits per heavy atom. The molecule has 88 valence electrons. The van der Waals surface area contributed by atoms with Gasteiger partial charge in [-0.05, 0) is 44.4 Å². The van der Waals surface area contributed by atoms with Gasteiger partial charge < -0.3 is 5.32 Å². The minimum absolute atomic E-state index is 0.813. The van der Waals surface area contributed by atoms with E-state index in [2.05, 4.69) is 23.3 Å². The average molecular weight is 227 g/mol. The van der Waals surface area contributed by atoms with E-state index in [-0.39, 0.29) is 0 Å². The normalized spacial score (nSPS) is 31.8. The van der Waals surface area contributed by atoms with Crippen molar-refractivity contribution in [1.29, 1.82) is 0 Å². The van der Waals surface area contributed by atoms with Gasteiger partial charge in [0.1, 0.15) is 0 Å². The van der Waals surface area contributed by atoms with Crippen LogP contribution in [0.1, 0.15) is 51.4 Å². The summed E-state index contributed by atoms with van der Waals surface area (Å²) in [5, 5.41) is 4.67. The molecule has 2 aliphatic rings. The second kappa shape index (κ2) is 6.15. The molecule has 2 fully saturated rings. The van der Waals surface area contributed by atoms with Crippen LogP contribution in [0.15, 0.2) is 0 Å². The maximum absolute atomic E-state index is 3.78. The Kier molecular flexibility index (Phi) is 4.83. The molecular weight excluding hydrogens is 202 g/mol. The Labute approximate surface area is 98.8 Å². The SMILES string of the molecule is CSC1CCCCC1NCCCC1CC1. The summed E-state index contributed by atoms with van der Waals surface area (Å²) in [6.07, 6.45) is 13.9. The summed E-state index contributed by atoms with van der Waals surface area (Å²) in [4.78, 5) is 0. The second-order valence-electron chi connectivity index (χ2n) is 5.20. The zero-order valence-corrected chi connectivity index (χ0v) is 10.8. The number of nitrogens with one attached hydrogen (secondary N) is 1. The first-order valence-corrected chi connectivity index (χ1v) is 7.95. The van der Waals surface area contributed by atoms with Gasteiger partial charge in [0.2, 0.25) is 0 Å². The lowest BCUT2D eigenvalue weighted by atomic mass is 9.95. The van der Waals surface area contributed by atoms with E-state index in [1.807, 2.05) is 0 Å². The van der Waals surface area contributed by atoms with Crippen LogP contribution in [-0.2, 0) is 0 Å². The van der Waals surface area contributed by atoms with Gasteiger partial charge >= 0.3 is 0 Å². The quantitative estimate of drug-likeness (QED) is 0.698. The predicted molar refractivity (Wildman–Crippen MR) is 69.5 cm³/mol. The molecule has 0 radical (unpaired) electrons. The van der Waals surface area contributed by atoms with Gasteiger partial charge in [-0.1, -0.05) is 25.7 Å². The van der Waals surface area contributed by atoms with Crippen molar-refractivity contribution in [1.82, 2.24) is 5.32 Å². The summed E-state index contributed by atoms with van der Waals surface area (Å²) in [5.41, 5.74) is 0. The highest BCUT2D eigenvalue weighted by Gasteiger charge is 2.24. The van der Waals surface area contributed by atoms with Gasteiger partial charge in [0.25, 0.3) is 0 Å². The first-order valence-electron chi connectivity index (χ1n) is 6.66. The van der Waals surface area contributed by atoms with Crippen molar-refractivity contribution >= 4 is 11.8 Å². The molecule has 15 heavy (non-hydrogen) atoms. The molecule has 1 nitrogen and oxygen atoms in total. The molecule has 1 N–H and O–H groups in total. The average Bonchev–Trinajstić information content (AvgIpc) is 3.09. The van der Waals surface area contributed by atoms with Gasteiger partial charge in [0, 0.05) is 11.3 Å². The topological polar surface area (TPSA) is 12.0 Å². The number of rotatable bonds is 6. The van der Waals surface area contributed by atoms with E-state index in [4.69, 9.17) is 0 Å². The van der Waals surface area contributed by atoms with E-state index >= 15 is 0 Å². The van der Waals surface area contributed by atoms with E-state index in [0.29, 0.717) is 0 Å². The zero-order valence-electron chi connectivity index (χ0n) is 10.0. The van der Waals surface area contributed by atoms with E-state index in [1.54, 1.807) is 0 Å². The van der Waals surface area contributed by atoms with Crippen LogP contribution in [0.5, 0.6) is 0 Å². The van der Waals surface area contributed by atoms with Crippen molar-refractivity contribution in [3.63, 3.8) is 0 Å². The van der Waals surface area contributed by atoms with Gasteiger partial charge in [-0.25, -0.2) is 0 Å². The molecular formula is C13H25NS. The molecule has 0 aromatic carbocycles. The molecule has 0 spiro atoms. The molecule has 2 saturated carbocycles. The summed E-state index contributed by atoms with van der Waals surface area (Å²) >= 11 is 2.07. The summed E-state index contributed by atoms with van der Waals surface area (Å²) in [6.45, 7) is 1.26. The Bertz CT molecular complexity index is 179. The number of thioether (sulfide) groups is 1. The Morgan fingerprint density at radius 1 is 1.13 bits per heavy atom. The molecule has 0 aromatic heterocycles. The molecule has 2 rings (SSSR count). The molecule has 2 heteroatoms. The Morgan fingerprint density at radius 3 is 2.67 bits per heavy atom. The van der Waals surface area contributed by atoms with E-state index < -0.39 is 0 Å². The highest BCUT2D eigenvalue weighted by molar-refractivity contribution is 7.99. The minimum Gasteiger partial charge on any atom is -0.313 e. The van der Waals surface area contributed by atoms with Gasteiger partial charge in [-0.3, -0.25) is 0 Å². The first-order chi connectivity index (χ1) is 7.40. The maximum atomic E-state index is 3.78. The lowest BCUT2D eigenvalue weighted by Gasteiger charge is -2.31. The van der Waals surface area contributed by atoms with Crippen LogP contribution in [0.4, 0.5) is 0 Å². The molecule has 0 aromatic rings. The van der Waals surface area contributed by atoms with Crippen molar-refractivity contribution in [3.8, 4) is 0 Å². The third-order valence-corrected chi connectivity index (χ3v) is 5.07. The van der Waals surface area contributed by atoms with Crippen LogP contribution < -0.4 is 5.32 Å². The van der Waals surface area contributed by atoms with Crippen molar-refractivity contribution in [2.75, 3.05) is 12.8 Å². The minimum atomic E-state index is 0.813. The van der Waals surface area contributed by atoms with Gasteiger partial charge in [0.05, 0.1) is 0 Å². The third kappa shape index (κ3) is 3.99. The third-order valence-electron chi connectivity index (χ3n) is 3.90. The highest BCUT2D eigenvalue weighted by atomic mass is 32.2. The first kappa shape index (κ1) is 11.8. The molecule has 2 aliphatic carbocycles. The summed E-state index contributed by atoms with van der Waals surface area (Å²) in [5.74, 6) is 1.11.